The van der Waals surface area contributed by atoms with Crippen LogP contribution in [0.1, 0.15) is 26.7 Å². The predicted molar refractivity (Wildman–Crippen MR) is 106 cm³/mol. The Morgan fingerprint density at radius 3 is 2.54 bits per heavy atom. The minimum Gasteiger partial charge on any atom is -0.495 e. The standard InChI is InChI=1S/C20H17ClN4O3/c1-28-18-9-8-13(21)11-17(18)25-20(27)16-7-4-6-15(24-16)19(26)23-12-14-5-2-3-10-22-14/h2-11H,12H2,1H3,(H,23,26)(H,25,27). The van der Waals surface area contributed by atoms with Crippen LogP contribution < -0.4 is 15.4 Å². The monoisotopic (exact) mass is 396 g/mol. The number of methoxy groups -OCH3 is 1. The van der Waals surface area contributed by atoms with Gasteiger partial charge in [-0.15, -0.1) is 0 Å². The molecule has 0 unspecified atom stereocenters. The molecule has 1 aromatic carbocycles. The number of pyridine rings is 2. The van der Waals surface area contributed by atoms with E-state index in [4.69, 9.17) is 16.3 Å². The summed E-state index contributed by atoms with van der Waals surface area (Å²) >= 11 is 5.97. The number of halogens is 1. The number of carbonyl (C=O) groups excluding carboxylic acids is 2. The highest BCUT2D eigenvalue weighted by atomic mass is 35.5. The van der Waals surface area contributed by atoms with Crippen molar-refractivity contribution < 1.29 is 14.3 Å². The molecule has 3 aromatic rings. The average Bonchev–Trinajstić information content (AvgIpc) is 2.73. The Kier molecular flexibility index (Phi) is 6.18. The first kappa shape index (κ1) is 19.3. The Morgan fingerprint density at radius 2 is 1.82 bits per heavy atom. The third kappa shape index (κ3) is 4.83. The molecular formula is C20H17ClN4O3. The number of hydrogen-bond donors (Lipinski definition) is 2. The van der Waals surface area contributed by atoms with Crippen LogP contribution in [0.2, 0.25) is 5.02 Å². The molecule has 28 heavy (non-hydrogen) atoms. The zero-order valence-electron chi connectivity index (χ0n) is 15.0. The highest BCUT2D eigenvalue weighted by molar-refractivity contribution is 6.31. The van der Waals surface area contributed by atoms with Gasteiger partial charge in [-0.2, -0.15) is 0 Å². The van der Waals surface area contributed by atoms with Gasteiger partial charge in [0.05, 0.1) is 25.0 Å². The van der Waals surface area contributed by atoms with Crippen LogP contribution in [0.5, 0.6) is 5.75 Å². The van der Waals surface area contributed by atoms with Crippen molar-refractivity contribution in [3.63, 3.8) is 0 Å². The van der Waals surface area contributed by atoms with Gasteiger partial charge < -0.3 is 15.4 Å². The van der Waals surface area contributed by atoms with Crippen molar-refractivity contribution >= 4 is 29.1 Å². The number of hydrogen-bond acceptors (Lipinski definition) is 5. The molecule has 2 heterocycles. The van der Waals surface area contributed by atoms with Crippen molar-refractivity contribution in [2.24, 2.45) is 0 Å². The summed E-state index contributed by atoms with van der Waals surface area (Å²) in [6.07, 6.45) is 1.65. The van der Waals surface area contributed by atoms with Crippen LogP contribution in [0, 0.1) is 0 Å². The van der Waals surface area contributed by atoms with Crippen molar-refractivity contribution in [1.29, 1.82) is 0 Å². The first-order valence-electron chi connectivity index (χ1n) is 8.37. The van der Waals surface area contributed by atoms with E-state index in [1.807, 2.05) is 6.07 Å². The van der Waals surface area contributed by atoms with Crippen LogP contribution in [-0.2, 0) is 6.54 Å². The van der Waals surface area contributed by atoms with E-state index in [0.29, 0.717) is 16.5 Å². The topological polar surface area (TPSA) is 93.2 Å². The summed E-state index contributed by atoms with van der Waals surface area (Å²) in [5, 5.41) is 5.86. The van der Waals surface area contributed by atoms with Crippen LogP contribution in [0.4, 0.5) is 5.69 Å². The highest BCUT2D eigenvalue weighted by Crippen LogP contribution is 2.27. The number of benzene rings is 1. The Hall–Kier alpha value is -3.45. The minimum absolute atomic E-state index is 0.0903. The number of nitrogens with one attached hydrogen (secondary N) is 2. The number of ether oxygens (including phenoxy) is 1. The summed E-state index contributed by atoms with van der Waals surface area (Å²) in [6.45, 7) is 0.261. The quantitative estimate of drug-likeness (QED) is 0.666. The zero-order valence-corrected chi connectivity index (χ0v) is 15.7. The van der Waals surface area contributed by atoms with E-state index in [0.717, 1.165) is 5.69 Å². The van der Waals surface area contributed by atoms with Crippen molar-refractivity contribution in [2.75, 3.05) is 12.4 Å². The summed E-state index contributed by atoms with van der Waals surface area (Å²) < 4.78 is 5.21. The summed E-state index contributed by atoms with van der Waals surface area (Å²) in [5.74, 6) is -0.428. The van der Waals surface area contributed by atoms with E-state index in [2.05, 4.69) is 20.6 Å². The summed E-state index contributed by atoms with van der Waals surface area (Å²) in [7, 11) is 1.49. The largest absolute Gasteiger partial charge is 0.495 e. The molecule has 2 aromatic heterocycles. The summed E-state index contributed by atoms with van der Waals surface area (Å²) in [5.41, 5.74) is 1.35. The van der Waals surface area contributed by atoms with Gasteiger partial charge >= 0.3 is 0 Å². The predicted octanol–water partition coefficient (Wildman–Crippen LogP) is 3.32. The smallest absolute Gasteiger partial charge is 0.274 e. The lowest BCUT2D eigenvalue weighted by Crippen LogP contribution is -2.25. The van der Waals surface area contributed by atoms with E-state index in [1.54, 1.807) is 42.6 Å². The van der Waals surface area contributed by atoms with Crippen molar-refractivity contribution in [2.45, 2.75) is 6.54 Å². The number of aromatic nitrogens is 2. The third-order valence-electron chi connectivity index (χ3n) is 3.78. The normalized spacial score (nSPS) is 10.2. The average molecular weight is 397 g/mol. The van der Waals surface area contributed by atoms with Crippen LogP contribution in [0.25, 0.3) is 0 Å². The van der Waals surface area contributed by atoms with Gasteiger partial charge in [0, 0.05) is 11.2 Å². The van der Waals surface area contributed by atoms with Gasteiger partial charge in [-0.1, -0.05) is 23.7 Å². The Labute approximate surface area is 166 Å². The lowest BCUT2D eigenvalue weighted by atomic mass is 10.2. The van der Waals surface area contributed by atoms with Gasteiger partial charge in [0.2, 0.25) is 0 Å². The molecule has 0 bridgehead atoms. The van der Waals surface area contributed by atoms with Crippen molar-refractivity contribution in [1.82, 2.24) is 15.3 Å². The Morgan fingerprint density at radius 1 is 1.04 bits per heavy atom. The molecule has 8 heteroatoms. The SMILES string of the molecule is COc1ccc(Cl)cc1NC(=O)c1cccc(C(=O)NCc2ccccn2)n1. The number of carbonyl (C=O) groups is 2. The second-order valence-corrected chi connectivity index (χ2v) is 6.15. The fourth-order valence-electron chi connectivity index (χ4n) is 2.42. The van der Waals surface area contributed by atoms with Crippen LogP contribution in [0.15, 0.2) is 60.8 Å². The van der Waals surface area contributed by atoms with E-state index >= 15 is 0 Å². The van der Waals surface area contributed by atoms with Crippen LogP contribution in [-0.4, -0.2) is 28.9 Å². The third-order valence-corrected chi connectivity index (χ3v) is 4.02. The molecule has 0 saturated carbocycles. The fourth-order valence-corrected chi connectivity index (χ4v) is 2.59. The van der Waals surface area contributed by atoms with E-state index in [-0.39, 0.29) is 17.9 Å². The molecule has 0 aliphatic carbocycles. The van der Waals surface area contributed by atoms with Gasteiger partial charge in [0.15, 0.2) is 0 Å². The first-order valence-corrected chi connectivity index (χ1v) is 8.74. The maximum Gasteiger partial charge on any atom is 0.274 e. The number of nitrogens with zero attached hydrogens (tertiary/aromatic N) is 2. The molecule has 0 aliphatic heterocycles. The molecule has 0 atom stereocenters. The summed E-state index contributed by atoms with van der Waals surface area (Å²) in [4.78, 5) is 33.1. The number of amides is 2. The molecule has 7 nitrogen and oxygen atoms in total. The van der Waals surface area contributed by atoms with E-state index in [1.165, 1.54) is 19.2 Å². The molecule has 0 saturated heterocycles. The zero-order chi connectivity index (χ0) is 19.9. The van der Waals surface area contributed by atoms with Gasteiger partial charge in [-0.3, -0.25) is 14.6 Å². The molecular weight excluding hydrogens is 380 g/mol. The second kappa shape index (κ2) is 8.96. The summed E-state index contributed by atoms with van der Waals surface area (Å²) in [6, 6.07) is 14.9. The van der Waals surface area contributed by atoms with E-state index in [9.17, 15) is 9.59 Å². The maximum absolute atomic E-state index is 12.5. The fraction of sp³-hybridized carbons (Fsp3) is 0.100. The van der Waals surface area contributed by atoms with Gasteiger partial charge in [-0.05, 0) is 42.5 Å². The van der Waals surface area contributed by atoms with Gasteiger partial charge in [-0.25, -0.2) is 4.98 Å². The number of rotatable bonds is 6. The van der Waals surface area contributed by atoms with Crippen molar-refractivity contribution in [3.8, 4) is 5.75 Å². The first-order chi connectivity index (χ1) is 13.6. The molecule has 0 spiro atoms. The molecule has 142 valence electrons. The molecule has 2 amide bonds. The molecule has 0 aliphatic rings. The second-order valence-electron chi connectivity index (χ2n) is 5.71. The Balaban J connectivity index is 1.71. The Bertz CT molecular complexity index is 996. The lowest BCUT2D eigenvalue weighted by molar-refractivity contribution is 0.0945. The number of anilines is 1. The molecule has 2 N–H and O–H groups in total. The van der Waals surface area contributed by atoms with Gasteiger partial charge in [0.1, 0.15) is 17.1 Å². The van der Waals surface area contributed by atoms with E-state index < -0.39 is 11.8 Å². The van der Waals surface area contributed by atoms with Crippen LogP contribution in [0.3, 0.4) is 0 Å². The minimum atomic E-state index is -0.486. The van der Waals surface area contributed by atoms with Crippen molar-refractivity contribution in [3.05, 3.63) is 82.9 Å². The molecule has 0 radical (unpaired) electrons. The van der Waals surface area contributed by atoms with Crippen LogP contribution >= 0.6 is 11.6 Å². The molecule has 3 rings (SSSR count). The maximum atomic E-state index is 12.5. The lowest BCUT2D eigenvalue weighted by Gasteiger charge is -2.11. The molecule has 0 fully saturated rings. The highest BCUT2D eigenvalue weighted by Gasteiger charge is 2.14. The van der Waals surface area contributed by atoms with Gasteiger partial charge in [0.25, 0.3) is 11.8 Å².